The van der Waals surface area contributed by atoms with E-state index in [0.29, 0.717) is 35.2 Å². The van der Waals surface area contributed by atoms with Gasteiger partial charge in [0.2, 0.25) is 18.3 Å². The number of hydrogen-bond donors (Lipinski definition) is 2. The summed E-state index contributed by atoms with van der Waals surface area (Å²) in [5.74, 6) is 1.87. The van der Waals surface area contributed by atoms with E-state index in [4.69, 9.17) is 29.1 Å². The molecule has 1 aliphatic rings. The zero-order valence-electron chi connectivity index (χ0n) is 18.1. The second-order valence-electron chi connectivity index (χ2n) is 7.50. The summed E-state index contributed by atoms with van der Waals surface area (Å²) in [6, 6.07) is 8.58. The van der Waals surface area contributed by atoms with Crippen LogP contribution >= 0.6 is 0 Å². The molecule has 0 fully saturated rings. The second kappa shape index (κ2) is 9.26. The molecule has 2 aromatic carbocycles. The molecular formula is C23H27NO7. The summed E-state index contributed by atoms with van der Waals surface area (Å²) >= 11 is 0. The van der Waals surface area contributed by atoms with Gasteiger partial charge in [0.1, 0.15) is 0 Å². The highest BCUT2D eigenvalue weighted by atomic mass is 16.7. The minimum atomic E-state index is -0.650. The standard InChI is InChI=1S/C23H27NO7/c1-23(7-8-25,15-5-6-17-18(11-15)31-13-30-17)12-16(24)21(26)14-9-19(27-2)22(29-4)20(10-14)28-3/h5-6,9-11,24-25H,7-8,12-13H2,1-4H3. The number of benzene rings is 2. The quantitative estimate of drug-likeness (QED) is 0.440. The molecule has 0 amide bonds. The lowest BCUT2D eigenvalue weighted by atomic mass is 9.74. The first-order valence-electron chi connectivity index (χ1n) is 9.80. The highest BCUT2D eigenvalue weighted by Crippen LogP contribution is 2.41. The van der Waals surface area contributed by atoms with E-state index in [1.54, 1.807) is 6.07 Å². The van der Waals surface area contributed by atoms with Crippen molar-refractivity contribution in [1.29, 1.82) is 5.41 Å². The smallest absolute Gasteiger partial charge is 0.231 e. The van der Waals surface area contributed by atoms with Crippen molar-refractivity contribution in [3.63, 3.8) is 0 Å². The molecule has 2 N–H and O–H groups in total. The Morgan fingerprint density at radius 2 is 1.71 bits per heavy atom. The first-order chi connectivity index (χ1) is 14.9. The number of aliphatic hydroxyl groups excluding tert-OH is 1. The molecule has 0 bridgehead atoms. The van der Waals surface area contributed by atoms with Gasteiger partial charge in [-0.25, -0.2) is 0 Å². The number of ether oxygens (including phenoxy) is 5. The maximum atomic E-state index is 13.1. The van der Waals surface area contributed by atoms with E-state index < -0.39 is 11.2 Å². The van der Waals surface area contributed by atoms with Crippen LogP contribution in [-0.4, -0.2) is 51.3 Å². The molecule has 166 valence electrons. The average Bonchev–Trinajstić information content (AvgIpc) is 3.25. The molecule has 0 aliphatic carbocycles. The maximum Gasteiger partial charge on any atom is 0.231 e. The number of fused-ring (bicyclic) bond motifs is 1. The van der Waals surface area contributed by atoms with E-state index in [0.717, 1.165) is 5.56 Å². The van der Waals surface area contributed by atoms with E-state index in [-0.39, 0.29) is 31.1 Å². The SMILES string of the molecule is COc1cc(C(=O)C(=N)CC(C)(CCO)c2ccc3c(c2)OCO3)cc(OC)c1OC. The van der Waals surface area contributed by atoms with Gasteiger partial charge in [0, 0.05) is 24.0 Å². The molecule has 0 saturated heterocycles. The van der Waals surface area contributed by atoms with Gasteiger partial charge in [0.05, 0.1) is 27.0 Å². The molecule has 3 rings (SSSR count). The van der Waals surface area contributed by atoms with Crippen LogP contribution in [0.1, 0.15) is 35.7 Å². The van der Waals surface area contributed by atoms with Crippen LogP contribution in [0.3, 0.4) is 0 Å². The molecule has 0 saturated carbocycles. The number of methoxy groups -OCH3 is 3. The topological polar surface area (TPSA) is 107 Å². The predicted molar refractivity (Wildman–Crippen MR) is 114 cm³/mol. The van der Waals surface area contributed by atoms with Crippen molar-refractivity contribution in [2.24, 2.45) is 0 Å². The minimum Gasteiger partial charge on any atom is -0.493 e. The van der Waals surface area contributed by atoms with Crippen LogP contribution < -0.4 is 23.7 Å². The van der Waals surface area contributed by atoms with Crippen molar-refractivity contribution in [2.45, 2.75) is 25.2 Å². The fraction of sp³-hybridized carbons (Fsp3) is 0.391. The lowest BCUT2D eigenvalue weighted by Gasteiger charge is -2.30. The monoisotopic (exact) mass is 429 g/mol. The van der Waals surface area contributed by atoms with Crippen molar-refractivity contribution in [3.8, 4) is 28.7 Å². The number of aliphatic hydroxyl groups is 1. The summed E-state index contributed by atoms with van der Waals surface area (Å²) in [5, 5.41) is 18.2. The Hall–Kier alpha value is -3.26. The maximum absolute atomic E-state index is 13.1. The van der Waals surface area contributed by atoms with Crippen LogP contribution in [0.15, 0.2) is 30.3 Å². The van der Waals surface area contributed by atoms with Crippen molar-refractivity contribution in [1.82, 2.24) is 0 Å². The van der Waals surface area contributed by atoms with Crippen molar-refractivity contribution < 1.29 is 33.6 Å². The summed E-state index contributed by atoms with van der Waals surface area (Å²) in [7, 11) is 4.42. The summed E-state index contributed by atoms with van der Waals surface area (Å²) < 4.78 is 26.7. The van der Waals surface area contributed by atoms with Crippen LogP contribution in [-0.2, 0) is 5.41 Å². The van der Waals surface area contributed by atoms with Gasteiger partial charge in [0.25, 0.3) is 0 Å². The molecule has 31 heavy (non-hydrogen) atoms. The average molecular weight is 429 g/mol. The third kappa shape index (κ3) is 4.44. The Labute approximate surface area is 181 Å². The number of rotatable bonds is 10. The Bertz CT molecular complexity index is 963. The minimum absolute atomic E-state index is 0.0867. The largest absolute Gasteiger partial charge is 0.493 e. The number of ketones is 1. The van der Waals surface area contributed by atoms with Gasteiger partial charge in [-0.2, -0.15) is 0 Å². The van der Waals surface area contributed by atoms with Gasteiger partial charge >= 0.3 is 0 Å². The van der Waals surface area contributed by atoms with Crippen molar-refractivity contribution in [2.75, 3.05) is 34.7 Å². The first-order valence-corrected chi connectivity index (χ1v) is 9.80. The first kappa shape index (κ1) is 22.4. The third-order valence-electron chi connectivity index (χ3n) is 5.50. The zero-order chi connectivity index (χ0) is 22.6. The molecule has 0 aromatic heterocycles. The van der Waals surface area contributed by atoms with E-state index in [1.807, 2.05) is 19.1 Å². The van der Waals surface area contributed by atoms with Gasteiger partial charge < -0.3 is 34.2 Å². The second-order valence-corrected chi connectivity index (χ2v) is 7.50. The molecule has 1 atom stereocenters. The molecule has 8 nitrogen and oxygen atoms in total. The van der Waals surface area contributed by atoms with Gasteiger partial charge in [-0.3, -0.25) is 4.79 Å². The summed E-state index contributed by atoms with van der Waals surface area (Å²) in [6.07, 6.45) is 0.500. The Morgan fingerprint density at radius 1 is 1.06 bits per heavy atom. The number of Topliss-reactive ketones (excluding diaryl/α,β-unsaturated/α-hetero) is 1. The fourth-order valence-electron chi connectivity index (χ4n) is 3.71. The van der Waals surface area contributed by atoms with Crippen LogP contribution in [0.4, 0.5) is 0 Å². The Balaban J connectivity index is 1.90. The summed E-state index contributed by atoms with van der Waals surface area (Å²) in [5.41, 5.74) is 0.371. The van der Waals surface area contributed by atoms with E-state index in [9.17, 15) is 9.90 Å². The van der Waals surface area contributed by atoms with Crippen LogP contribution in [0.2, 0.25) is 0 Å². The molecule has 1 unspecified atom stereocenters. The molecule has 1 heterocycles. The van der Waals surface area contributed by atoms with Gasteiger partial charge in [-0.05, 0) is 36.2 Å². The molecule has 2 aromatic rings. The molecule has 0 spiro atoms. The Morgan fingerprint density at radius 3 is 2.29 bits per heavy atom. The fourth-order valence-corrected chi connectivity index (χ4v) is 3.71. The normalized spacial score (nSPS) is 14.0. The van der Waals surface area contributed by atoms with E-state index in [2.05, 4.69) is 0 Å². The number of nitrogens with one attached hydrogen (secondary N) is 1. The highest BCUT2D eigenvalue weighted by molar-refractivity contribution is 6.45. The molecular weight excluding hydrogens is 402 g/mol. The number of carbonyl (C=O) groups is 1. The van der Waals surface area contributed by atoms with Gasteiger partial charge in [0.15, 0.2) is 23.0 Å². The lowest BCUT2D eigenvalue weighted by molar-refractivity contribution is 0.105. The summed E-state index contributed by atoms with van der Waals surface area (Å²) in [4.78, 5) is 13.1. The number of carbonyl (C=O) groups excluding carboxylic acids is 1. The predicted octanol–water partition coefficient (Wildman–Crippen LogP) is 3.37. The van der Waals surface area contributed by atoms with Crippen LogP contribution in [0.25, 0.3) is 0 Å². The third-order valence-corrected chi connectivity index (χ3v) is 5.50. The van der Waals surface area contributed by atoms with Crippen molar-refractivity contribution >= 4 is 11.5 Å². The van der Waals surface area contributed by atoms with E-state index >= 15 is 0 Å². The lowest BCUT2D eigenvalue weighted by Crippen LogP contribution is -2.30. The van der Waals surface area contributed by atoms with Gasteiger partial charge in [-0.15, -0.1) is 0 Å². The zero-order valence-corrected chi connectivity index (χ0v) is 18.1. The summed E-state index contributed by atoms with van der Waals surface area (Å²) in [6.45, 7) is 1.99. The van der Waals surface area contributed by atoms with Crippen molar-refractivity contribution in [3.05, 3.63) is 41.5 Å². The molecule has 0 radical (unpaired) electrons. The van der Waals surface area contributed by atoms with E-state index in [1.165, 1.54) is 33.5 Å². The molecule has 8 heteroatoms. The van der Waals surface area contributed by atoms with Crippen LogP contribution in [0, 0.1) is 5.41 Å². The van der Waals surface area contributed by atoms with Gasteiger partial charge in [-0.1, -0.05) is 13.0 Å². The molecule has 1 aliphatic heterocycles. The Kier molecular flexibility index (Phi) is 6.70. The highest BCUT2D eigenvalue weighted by Gasteiger charge is 2.32. The number of hydrogen-bond acceptors (Lipinski definition) is 8. The van der Waals surface area contributed by atoms with Crippen LogP contribution in [0.5, 0.6) is 28.7 Å².